The molecule has 3 nitrogen and oxygen atoms in total. The highest BCUT2D eigenvalue weighted by Gasteiger charge is 1.91. The lowest BCUT2D eigenvalue weighted by atomic mass is 10.4. The van der Waals surface area contributed by atoms with Crippen LogP contribution in [0.2, 0.25) is 0 Å². The molecule has 0 saturated carbocycles. The van der Waals surface area contributed by atoms with Crippen molar-refractivity contribution in [3.63, 3.8) is 0 Å². The van der Waals surface area contributed by atoms with Gasteiger partial charge in [0, 0.05) is 6.61 Å². The first-order chi connectivity index (χ1) is 6.77. The van der Waals surface area contributed by atoms with Gasteiger partial charge in [0.2, 0.25) is 0 Å². The van der Waals surface area contributed by atoms with Crippen molar-refractivity contribution >= 4 is 5.78 Å². The third-order valence-electron chi connectivity index (χ3n) is 1.02. The highest BCUT2D eigenvalue weighted by atomic mass is 16.5. The molecule has 0 atom stereocenters. The molecule has 0 aromatic rings. The number of hydrogen-bond acceptors (Lipinski definition) is 3. The van der Waals surface area contributed by atoms with E-state index in [1.54, 1.807) is 0 Å². The summed E-state index contributed by atoms with van der Waals surface area (Å²) in [4.78, 5) is 10.3. The SMILES string of the molecule is CC.CC.CNCCCOCC(C)=O. The fourth-order valence-electron chi connectivity index (χ4n) is 0.567. The van der Waals surface area contributed by atoms with E-state index in [2.05, 4.69) is 5.32 Å². The van der Waals surface area contributed by atoms with Crippen molar-refractivity contribution in [2.45, 2.75) is 41.0 Å². The lowest BCUT2D eigenvalue weighted by Gasteiger charge is -1.99. The molecule has 0 aromatic heterocycles. The Kier molecular flexibility index (Phi) is 31.4. The molecule has 0 radical (unpaired) electrons. The van der Waals surface area contributed by atoms with Crippen molar-refractivity contribution in [1.29, 1.82) is 0 Å². The standard InChI is InChI=1S/C7H15NO2.2C2H6/c1-7(9)6-10-5-3-4-8-2;2*1-2/h8H,3-6H2,1-2H3;2*1-2H3. The molecule has 0 amide bonds. The second kappa shape index (κ2) is 22.9. The van der Waals surface area contributed by atoms with Gasteiger partial charge < -0.3 is 10.1 Å². The number of Topliss-reactive ketones (excluding diaryl/α,β-unsaturated/α-hetero) is 1. The second-order valence-electron chi connectivity index (χ2n) is 2.21. The van der Waals surface area contributed by atoms with Gasteiger partial charge in [-0.05, 0) is 26.9 Å². The smallest absolute Gasteiger partial charge is 0.155 e. The Balaban J connectivity index is -0.000000266. The summed E-state index contributed by atoms with van der Waals surface area (Å²) in [5.41, 5.74) is 0. The van der Waals surface area contributed by atoms with Gasteiger partial charge in [0.05, 0.1) is 0 Å². The molecular formula is C11H27NO2. The van der Waals surface area contributed by atoms with Gasteiger partial charge in [-0.3, -0.25) is 4.79 Å². The molecule has 0 bridgehead atoms. The highest BCUT2D eigenvalue weighted by molar-refractivity contribution is 5.76. The number of carbonyl (C=O) groups excluding carboxylic acids is 1. The van der Waals surface area contributed by atoms with E-state index < -0.39 is 0 Å². The summed E-state index contributed by atoms with van der Waals surface area (Å²) in [5, 5.41) is 2.99. The topological polar surface area (TPSA) is 38.3 Å². The molecule has 0 unspecified atom stereocenters. The Morgan fingerprint density at radius 1 is 1.21 bits per heavy atom. The summed E-state index contributed by atoms with van der Waals surface area (Å²) in [6, 6.07) is 0. The molecule has 0 saturated heterocycles. The summed E-state index contributed by atoms with van der Waals surface area (Å²) in [5.74, 6) is 0.0875. The predicted octanol–water partition coefficient (Wildman–Crippen LogP) is 2.25. The minimum absolute atomic E-state index is 0.0875. The monoisotopic (exact) mass is 205 g/mol. The van der Waals surface area contributed by atoms with Crippen molar-refractivity contribution in [3.05, 3.63) is 0 Å². The minimum atomic E-state index is 0.0875. The molecule has 0 rings (SSSR count). The molecule has 0 aliphatic heterocycles. The molecule has 88 valence electrons. The molecule has 14 heavy (non-hydrogen) atoms. The average molecular weight is 205 g/mol. The maximum Gasteiger partial charge on any atom is 0.155 e. The van der Waals surface area contributed by atoms with Crippen LogP contribution in [0.15, 0.2) is 0 Å². The number of ketones is 1. The first-order valence-electron chi connectivity index (χ1n) is 5.49. The van der Waals surface area contributed by atoms with E-state index in [0.717, 1.165) is 13.0 Å². The Morgan fingerprint density at radius 2 is 1.71 bits per heavy atom. The zero-order chi connectivity index (χ0) is 11.8. The predicted molar refractivity (Wildman–Crippen MR) is 62.7 cm³/mol. The maximum absolute atomic E-state index is 10.3. The zero-order valence-electron chi connectivity index (χ0n) is 10.6. The molecular weight excluding hydrogens is 178 g/mol. The van der Waals surface area contributed by atoms with Crippen molar-refractivity contribution in [3.8, 4) is 0 Å². The quantitative estimate of drug-likeness (QED) is 0.676. The highest BCUT2D eigenvalue weighted by Crippen LogP contribution is 1.80. The van der Waals surface area contributed by atoms with Gasteiger partial charge in [0.1, 0.15) is 6.61 Å². The van der Waals surface area contributed by atoms with Gasteiger partial charge in [0.15, 0.2) is 5.78 Å². The molecule has 1 N–H and O–H groups in total. The van der Waals surface area contributed by atoms with Crippen LogP contribution < -0.4 is 5.32 Å². The maximum atomic E-state index is 10.3. The van der Waals surface area contributed by atoms with Crippen LogP contribution >= 0.6 is 0 Å². The molecule has 0 aliphatic carbocycles. The molecule has 0 aliphatic rings. The van der Waals surface area contributed by atoms with Crippen LogP contribution in [0.1, 0.15) is 41.0 Å². The van der Waals surface area contributed by atoms with E-state index in [4.69, 9.17) is 4.74 Å². The Labute approximate surface area is 89.2 Å². The van der Waals surface area contributed by atoms with Crippen LogP contribution in [0.3, 0.4) is 0 Å². The summed E-state index contributed by atoms with van der Waals surface area (Å²) >= 11 is 0. The second-order valence-corrected chi connectivity index (χ2v) is 2.21. The number of nitrogens with one attached hydrogen (secondary N) is 1. The van der Waals surface area contributed by atoms with E-state index in [-0.39, 0.29) is 12.4 Å². The summed E-state index contributed by atoms with van der Waals surface area (Å²) in [6.45, 7) is 11.4. The molecule has 0 fully saturated rings. The lowest BCUT2D eigenvalue weighted by Crippen LogP contribution is -2.12. The largest absolute Gasteiger partial charge is 0.374 e. The Bertz CT molecular complexity index is 95.3. The van der Waals surface area contributed by atoms with E-state index >= 15 is 0 Å². The van der Waals surface area contributed by atoms with E-state index in [9.17, 15) is 4.79 Å². The third-order valence-corrected chi connectivity index (χ3v) is 1.02. The fourth-order valence-corrected chi connectivity index (χ4v) is 0.567. The van der Waals surface area contributed by atoms with Gasteiger partial charge in [-0.25, -0.2) is 0 Å². The fraction of sp³-hybridized carbons (Fsp3) is 0.909. The van der Waals surface area contributed by atoms with Crippen LogP contribution in [0.4, 0.5) is 0 Å². The number of hydrogen-bond donors (Lipinski definition) is 1. The van der Waals surface area contributed by atoms with Crippen LogP contribution in [-0.2, 0) is 9.53 Å². The summed E-state index contributed by atoms with van der Waals surface area (Å²) < 4.78 is 5.01. The van der Waals surface area contributed by atoms with Crippen molar-refractivity contribution in [2.24, 2.45) is 0 Å². The summed E-state index contributed by atoms with van der Waals surface area (Å²) in [7, 11) is 1.89. The first kappa shape index (κ1) is 19.2. The Morgan fingerprint density at radius 3 is 2.07 bits per heavy atom. The number of carbonyl (C=O) groups is 1. The summed E-state index contributed by atoms with van der Waals surface area (Å²) in [6.07, 6.45) is 0.962. The van der Waals surface area contributed by atoms with Gasteiger partial charge in [-0.15, -0.1) is 0 Å². The zero-order valence-corrected chi connectivity index (χ0v) is 10.6. The number of rotatable bonds is 6. The van der Waals surface area contributed by atoms with Crippen LogP contribution in [0.5, 0.6) is 0 Å². The van der Waals surface area contributed by atoms with Gasteiger partial charge in [-0.2, -0.15) is 0 Å². The Hall–Kier alpha value is -0.410. The number of ether oxygens (including phenoxy) is 1. The van der Waals surface area contributed by atoms with Crippen LogP contribution in [0.25, 0.3) is 0 Å². The normalized spacial score (nSPS) is 7.86. The van der Waals surface area contributed by atoms with Crippen molar-refractivity contribution < 1.29 is 9.53 Å². The van der Waals surface area contributed by atoms with Gasteiger partial charge in [0.25, 0.3) is 0 Å². The molecule has 0 heterocycles. The van der Waals surface area contributed by atoms with E-state index in [1.165, 1.54) is 6.92 Å². The molecule has 0 spiro atoms. The van der Waals surface area contributed by atoms with Crippen molar-refractivity contribution in [2.75, 3.05) is 26.8 Å². The lowest BCUT2D eigenvalue weighted by molar-refractivity contribution is -0.121. The average Bonchev–Trinajstić information content (AvgIpc) is 2.23. The third kappa shape index (κ3) is 29.9. The molecule has 3 heteroatoms. The van der Waals surface area contributed by atoms with Crippen LogP contribution in [0, 0.1) is 0 Å². The van der Waals surface area contributed by atoms with E-state index in [1.807, 2.05) is 34.7 Å². The van der Waals surface area contributed by atoms with Gasteiger partial charge in [-0.1, -0.05) is 27.7 Å². The minimum Gasteiger partial charge on any atom is -0.374 e. The van der Waals surface area contributed by atoms with Crippen molar-refractivity contribution in [1.82, 2.24) is 5.32 Å². The van der Waals surface area contributed by atoms with Crippen LogP contribution in [-0.4, -0.2) is 32.6 Å². The van der Waals surface area contributed by atoms with Gasteiger partial charge >= 0.3 is 0 Å². The first-order valence-corrected chi connectivity index (χ1v) is 5.49. The molecule has 0 aromatic carbocycles. The van der Waals surface area contributed by atoms with E-state index in [0.29, 0.717) is 6.61 Å².